The van der Waals surface area contributed by atoms with Gasteiger partial charge in [-0.05, 0) is 46.3 Å². The van der Waals surface area contributed by atoms with Crippen LogP contribution in [-0.2, 0) is 0 Å². The predicted octanol–water partition coefficient (Wildman–Crippen LogP) is 4.34. The van der Waals surface area contributed by atoms with Gasteiger partial charge in [-0.3, -0.25) is 0 Å². The smallest absolute Gasteiger partial charge is 0.133 e. The van der Waals surface area contributed by atoms with Gasteiger partial charge in [-0.1, -0.05) is 11.6 Å². The van der Waals surface area contributed by atoms with Crippen LogP contribution in [0.4, 0.5) is 4.39 Å². The number of aliphatic hydroxyl groups is 1. The van der Waals surface area contributed by atoms with Crippen molar-refractivity contribution >= 4 is 27.5 Å². The number of hydrogen-bond acceptors (Lipinski definition) is 3. The highest BCUT2D eigenvalue weighted by Gasteiger charge is 2.21. The van der Waals surface area contributed by atoms with E-state index in [0.29, 0.717) is 26.6 Å². The van der Waals surface area contributed by atoms with Crippen LogP contribution in [0.1, 0.15) is 17.2 Å². The van der Waals surface area contributed by atoms with E-state index in [4.69, 9.17) is 21.1 Å². The first-order valence-corrected chi connectivity index (χ1v) is 7.19. The summed E-state index contributed by atoms with van der Waals surface area (Å²) in [5, 5.41) is 10.8. The topological polar surface area (TPSA) is 38.7 Å². The molecule has 1 unspecified atom stereocenters. The molecule has 2 aromatic carbocycles. The maximum absolute atomic E-state index is 13.9. The highest BCUT2D eigenvalue weighted by atomic mass is 79.9. The van der Waals surface area contributed by atoms with Crippen molar-refractivity contribution in [2.24, 2.45) is 0 Å². The summed E-state index contributed by atoms with van der Waals surface area (Å²) in [4.78, 5) is 0. The Balaban J connectivity index is 2.56. The molecule has 0 bridgehead atoms. The number of aliphatic hydroxyl groups excluding tert-OH is 1. The molecular weight excluding hydrogens is 363 g/mol. The van der Waals surface area contributed by atoms with Gasteiger partial charge in [0, 0.05) is 16.1 Å². The molecule has 0 aliphatic carbocycles. The van der Waals surface area contributed by atoms with E-state index in [1.165, 1.54) is 32.4 Å². The van der Waals surface area contributed by atoms with Gasteiger partial charge in [0.15, 0.2) is 0 Å². The van der Waals surface area contributed by atoms with Gasteiger partial charge in [-0.25, -0.2) is 4.39 Å². The maximum atomic E-state index is 13.9. The average molecular weight is 376 g/mol. The van der Waals surface area contributed by atoms with E-state index in [0.717, 1.165) is 0 Å². The molecule has 6 heteroatoms. The zero-order valence-electron chi connectivity index (χ0n) is 11.4. The Morgan fingerprint density at radius 1 is 1.10 bits per heavy atom. The van der Waals surface area contributed by atoms with E-state index in [1.807, 2.05) is 0 Å². The minimum absolute atomic E-state index is 0.0742. The number of benzene rings is 2. The van der Waals surface area contributed by atoms with Crippen LogP contribution in [0.25, 0.3) is 0 Å². The van der Waals surface area contributed by atoms with Gasteiger partial charge in [-0.15, -0.1) is 0 Å². The summed E-state index contributed by atoms with van der Waals surface area (Å²) in [5.41, 5.74) is 0.462. The Kier molecular flexibility index (Phi) is 5.08. The van der Waals surface area contributed by atoms with Gasteiger partial charge in [0.05, 0.1) is 18.7 Å². The summed E-state index contributed by atoms with van der Waals surface area (Å²) in [6.45, 7) is 0. The maximum Gasteiger partial charge on any atom is 0.133 e. The summed E-state index contributed by atoms with van der Waals surface area (Å²) in [6.07, 6.45) is -1.22. The molecule has 0 fully saturated rings. The fraction of sp³-hybridized carbons (Fsp3) is 0.200. The van der Waals surface area contributed by atoms with Gasteiger partial charge in [-0.2, -0.15) is 0 Å². The van der Waals surface area contributed by atoms with Crippen LogP contribution in [0.3, 0.4) is 0 Å². The van der Waals surface area contributed by atoms with Crippen molar-refractivity contribution in [2.45, 2.75) is 6.10 Å². The first kappa shape index (κ1) is 16.1. The van der Waals surface area contributed by atoms with Crippen LogP contribution in [0.2, 0.25) is 5.02 Å². The number of ether oxygens (including phenoxy) is 2. The highest BCUT2D eigenvalue weighted by molar-refractivity contribution is 9.10. The Morgan fingerprint density at radius 2 is 1.76 bits per heavy atom. The first-order valence-electron chi connectivity index (χ1n) is 6.02. The first-order chi connectivity index (χ1) is 9.97. The third kappa shape index (κ3) is 3.31. The molecule has 0 aliphatic rings. The van der Waals surface area contributed by atoms with E-state index in [-0.39, 0.29) is 5.56 Å². The third-order valence-corrected chi connectivity index (χ3v) is 3.91. The molecule has 112 valence electrons. The normalized spacial score (nSPS) is 12.1. The molecule has 1 atom stereocenters. The fourth-order valence-corrected chi connectivity index (χ4v) is 2.65. The summed E-state index contributed by atoms with van der Waals surface area (Å²) >= 11 is 9.20. The lowest BCUT2D eigenvalue weighted by Gasteiger charge is -2.18. The molecule has 0 saturated heterocycles. The molecular formula is C15H13BrClFO3. The quantitative estimate of drug-likeness (QED) is 0.864. The van der Waals surface area contributed by atoms with Crippen LogP contribution in [-0.4, -0.2) is 19.3 Å². The van der Waals surface area contributed by atoms with Crippen molar-refractivity contribution in [3.63, 3.8) is 0 Å². The molecule has 2 rings (SSSR count). The lowest BCUT2D eigenvalue weighted by Crippen LogP contribution is -2.05. The summed E-state index contributed by atoms with van der Waals surface area (Å²) in [6, 6.07) is 7.26. The molecule has 0 spiro atoms. The lowest BCUT2D eigenvalue weighted by atomic mass is 10.00. The molecule has 2 aromatic rings. The van der Waals surface area contributed by atoms with Crippen molar-refractivity contribution in [3.05, 3.63) is 56.8 Å². The van der Waals surface area contributed by atoms with Crippen LogP contribution in [0.5, 0.6) is 11.5 Å². The van der Waals surface area contributed by atoms with Crippen molar-refractivity contribution < 1.29 is 19.0 Å². The molecule has 0 saturated carbocycles. The summed E-state index contributed by atoms with van der Waals surface area (Å²) in [7, 11) is 2.97. The minimum Gasteiger partial charge on any atom is -0.496 e. The van der Waals surface area contributed by atoms with Crippen LogP contribution < -0.4 is 9.47 Å². The molecule has 1 N–H and O–H groups in total. The largest absolute Gasteiger partial charge is 0.496 e. The Morgan fingerprint density at radius 3 is 2.38 bits per heavy atom. The van der Waals surface area contributed by atoms with Gasteiger partial charge < -0.3 is 14.6 Å². The molecule has 0 amide bonds. The Labute approximate surface area is 135 Å². The highest BCUT2D eigenvalue weighted by Crippen LogP contribution is 2.38. The second kappa shape index (κ2) is 6.64. The molecule has 0 heterocycles. The van der Waals surface area contributed by atoms with E-state index >= 15 is 0 Å². The standard InChI is InChI=1S/C15H13BrClFO3/c1-20-13-7-11(16)14(21-2)6-10(13)15(19)9-5-8(17)3-4-12(9)18/h3-7,15,19H,1-2H3. The fourth-order valence-electron chi connectivity index (χ4n) is 1.99. The average Bonchev–Trinajstić information content (AvgIpc) is 2.48. The van der Waals surface area contributed by atoms with Crippen LogP contribution in [0.15, 0.2) is 34.8 Å². The molecule has 0 aromatic heterocycles. The Bertz CT molecular complexity index is 664. The number of hydrogen-bond donors (Lipinski definition) is 1. The second-order valence-corrected chi connectivity index (χ2v) is 5.59. The third-order valence-electron chi connectivity index (χ3n) is 3.05. The van der Waals surface area contributed by atoms with Gasteiger partial charge >= 0.3 is 0 Å². The number of halogens is 3. The number of methoxy groups -OCH3 is 2. The minimum atomic E-state index is -1.22. The SMILES string of the molecule is COc1cc(C(O)c2cc(Cl)ccc2F)c(OC)cc1Br. The van der Waals surface area contributed by atoms with Crippen LogP contribution in [0, 0.1) is 5.82 Å². The van der Waals surface area contributed by atoms with Gasteiger partial charge in [0.2, 0.25) is 0 Å². The monoisotopic (exact) mass is 374 g/mol. The van der Waals surface area contributed by atoms with Crippen molar-refractivity contribution in [1.29, 1.82) is 0 Å². The Hall–Kier alpha value is -1.30. The summed E-state index contributed by atoms with van der Waals surface area (Å²) in [5.74, 6) is 0.373. The van der Waals surface area contributed by atoms with Crippen LogP contribution >= 0.6 is 27.5 Å². The van der Waals surface area contributed by atoms with Crippen molar-refractivity contribution in [1.82, 2.24) is 0 Å². The van der Waals surface area contributed by atoms with E-state index < -0.39 is 11.9 Å². The van der Waals surface area contributed by atoms with Crippen molar-refractivity contribution in [3.8, 4) is 11.5 Å². The molecule has 3 nitrogen and oxygen atoms in total. The van der Waals surface area contributed by atoms with Gasteiger partial charge in [0.25, 0.3) is 0 Å². The summed E-state index contributed by atoms with van der Waals surface area (Å²) < 4.78 is 25.0. The van der Waals surface area contributed by atoms with Crippen molar-refractivity contribution in [2.75, 3.05) is 14.2 Å². The zero-order chi connectivity index (χ0) is 15.6. The zero-order valence-corrected chi connectivity index (χ0v) is 13.7. The molecule has 21 heavy (non-hydrogen) atoms. The molecule has 0 radical (unpaired) electrons. The second-order valence-electron chi connectivity index (χ2n) is 4.30. The predicted molar refractivity (Wildman–Crippen MR) is 82.7 cm³/mol. The molecule has 0 aliphatic heterocycles. The van der Waals surface area contributed by atoms with Gasteiger partial charge in [0.1, 0.15) is 23.4 Å². The van der Waals surface area contributed by atoms with E-state index in [1.54, 1.807) is 12.1 Å². The van der Waals surface area contributed by atoms with E-state index in [9.17, 15) is 9.50 Å². The van der Waals surface area contributed by atoms with E-state index in [2.05, 4.69) is 15.9 Å². The lowest BCUT2D eigenvalue weighted by molar-refractivity contribution is 0.209. The number of rotatable bonds is 4.